The van der Waals surface area contributed by atoms with E-state index in [4.69, 9.17) is 4.42 Å². The predicted octanol–water partition coefficient (Wildman–Crippen LogP) is 1.73. The van der Waals surface area contributed by atoms with Gasteiger partial charge >= 0.3 is 0 Å². The van der Waals surface area contributed by atoms with Crippen molar-refractivity contribution in [1.29, 1.82) is 0 Å². The number of furan rings is 1. The van der Waals surface area contributed by atoms with Crippen molar-refractivity contribution in [3.63, 3.8) is 0 Å². The van der Waals surface area contributed by atoms with Crippen LogP contribution >= 0.6 is 0 Å². The smallest absolute Gasteiger partial charge is 0.258 e. The average Bonchev–Trinajstić information content (AvgIpc) is 3.02. The number of hydrazone groups is 1. The van der Waals surface area contributed by atoms with Crippen molar-refractivity contribution in [3.8, 4) is 11.3 Å². The lowest BCUT2D eigenvalue weighted by molar-refractivity contribution is 0.0879. The number of imide groups is 1. The number of hydrogen-bond donors (Lipinski definition) is 1. The second-order valence-corrected chi connectivity index (χ2v) is 4.84. The number of nitrogens with one attached hydrogen (secondary N) is 1. The molecule has 0 saturated carbocycles. The summed E-state index contributed by atoms with van der Waals surface area (Å²) in [7, 11) is 3.63. The zero-order valence-electron chi connectivity index (χ0n) is 11.6. The normalized spacial score (nSPS) is 13.6. The van der Waals surface area contributed by atoms with Gasteiger partial charge in [-0.1, -0.05) is 6.07 Å². The Balaban J connectivity index is 1.94. The molecule has 0 bridgehead atoms. The lowest BCUT2D eigenvalue weighted by atomic mass is 10.0. The van der Waals surface area contributed by atoms with Crippen molar-refractivity contribution in [2.75, 3.05) is 14.1 Å². The fraction of sp³-hybridized carbons (Fsp3) is 0.133. The third kappa shape index (κ3) is 2.43. The van der Waals surface area contributed by atoms with Gasteiger partial charge in [-0.2, -0.15) is 5.10 Å². The Hall–Kier alpha value is -2.89. The summed E-state index contributed by atoms with van der Waals surface area (Å²) in [6.07, 6.45) is 1.60. The topological polar surface area (TPSA) is 74.9 Å². The molecule has 0 saturated heterocycles. The van der Waals surface area contributed by atoms with E-state index in [0.29, 0.717) is 22.6 Å². The van der Waals surface area contributed by atoms with Crippen LogP contribution in [0.25, 0.3) is 11.3 Å². The van der Waals surface area contributed by atoms with Gasteiger partial charge < -0.3 is 9.43 Å². The Bertz CT molecular complexity index is 759. The Morgan fingerprint density at radius 1 is 1.10 bits per heavy atom. The van der Waals surface area contributed by atoms with Gasteiger partial charge in [0.05, 0.1) is 17.3 Å². The third-order valence-electron chi connectivity index (χ3n) is 3.06. The van der Waals surface area contributed by atoms with Gasteiger partial charge in [0.2, 0.25) is 0 Å². The molecule has 0 radical (unpaired) electrons. The number of carbonyl (C=O) groups excluding carboxylic acids is 2. The molecule has 0 spiro atoms. The number of amides is 2. The number of carbonyl (C=O) groups is 2. The molecule has 0 fully saturated rings. The predicted molar refractivity (Wildman–Crippen MR) is 77.2 cm³/mol. The summed E-state index contributed by atoms with van der Waals surface area (Å²) >= 11 is 0. The number of rotatable bonds is 3. The minimum absolute atomic E-state index is 0.361. The fourth-order valence-corrected chi connectivity index (χ4v) is 2.07. The molecule has 6 heteroatoms. The molecule has 1 aliphatic rings. The van der Waals surface area contributed by atoms with E-state index < -0.39 is 0 Å². The molecule has 6 nitrogen and oxygen atoms in total. The van der Waals surface area contributed by atoms with Gasteiger partial charge in [-0.3, -0.25) is 14.9 Å². The van der Waals surface area contributed by atoms with Crippen LogP contribution in [0.2, 0.25) is 0 Å². The number of nitrogens with zero attached hydrogens (tertiary/aromatic N) is 2. The molecule has 1 aromatic carbocycles. The van der Waals surface area contributed by atoms with E-state index in [1.165, 1.54) is 0 Å². The molecule has 1 aromatic heterocycles. The first-order chi connectivity index (χ1) is 10.0. The van der Waals surface area contributed by atoms with Gasteiger partial charge in [-0.05, 0) is 24.3 Å². The van der Waals surface area contributed by atoms with E-state index in [1.807, 2.05) is 14.1 Å². The van der Waals surface area contributed by atoms with Crippen LogP contribution in [-0.2, 0) is 0 Å². The highest BCUT2D eigenvalue weighted by molar-refractivity contribution is 6.21. The van der Waals surface area contributed by atoms with E-state index >= 15 is 0 Å². The summed E-state index contributed by atoms with van der Waals surface area (Å²) in [6.45, 7) is 0. The molecule has 0 unspecified atom stereocenters. The molecule has 21 heavy (non-hydrogen) atoms. The highest BCUT2D eigenvalue weighted by Gasteiger charge is 2.27. The summed E-state index contributed by atoms with van der Waals surface area (Å²) in [5, 5.41) is 8.01. The zero-order chi connectivity index (χ0) is 15.0. The van der Waals surface area contributed by atoms with E-state index in [1.54, 1.807) is 41.6 Å². The first kappa shape index (κ1) is 13.1. The first-order valence-corrected chi connectivity index (χ1v) is 6.36. The van der Waals surface area contributed by atoms with Gasteiger partial charge in [0.1, 0.15) is 11.5 Å². The molecule has 0 atom stereocenters. The monoisotopic (exact) mass is 283 g/mol. The van der Waals surface area contributed by atoms with Crippen molar-refractivity contribution < 1.29 is 14.0 Å². The highest BCUT2D eigenvalue weighted by Crippen LogP contribution is 2.26. The maximum Gasteiger partial charge on any atom is 0.258 e. The SMILES string of the molecule is CN(C)N=Cc1ccc(-c2ccc3c(c2)C(=O)NC3=O)o1. The molecule has 2 heterocycles. The van der Waals surface area contributed by atoms with Crippen LogP contribution in [0.5, 0.6) is 0 Å². The van der Waals surface area contributed by atoms with Crippen LogP contribution < -0.4 is 5.32 Å². The molecule has 1 N–H and O–H groups in total. The number of hydrogen-bond acceptors (Lipinski definition) is 5. The molecule has 106 valence electrons. The Morgan fingerprint density at radius 2 is 1.86 bits per heavy atom. The summed E-state index contributed by atoms with van der Waals surface area (Å²) in [5.41, 5.74) is 1.50. The summed E-state index contributed by atoms with van der Waals surface area (Å²) in [6, 6.07) is 8.62. The third-order valence-corrected chi connectivity index (χ3v) is 3.06. The van der Waals surface area contributed by atoms with Crippen molar-refractivity contribution in [2.45, 2.75) is 0 Å². The van der Waals surface area contributed by atoms with Gasteiger partial charge in [0.25, 0.3) is 11.8 Å². The maximum atomic E-state index is 11.7. The number of fused-ring (bicyclic) bond motifs is 1. The Morgan fingerprint density at radius 3 is 2.62 bits per heavy atom. The molecular weight excluding hydrogens is 270 g/mol. The molecule has 2 aromatic rings. The standard InChI is InChI=1S/C15H13N3O3/c1-18(2)16-8-10-4-6-13(21-10)9-3-5-11-12(7-9)15(20)17-14(11)19/h3-8H,1-2H3,(H,17,19,20). The molecular formula is C15H13N3O3. The average molecular weight is 283 g/mol. The van der Waals surface area contributed by atoms with E-state index in [9.17, 15) is 9.59 Å². The quantitative estimate of drug-likeness (QED) is 0.529. The first-order valence-electron chi connectivity index (χ1n) is 6.36. The van der Waals surface area contributed by atoms with Gasteiger partial charge in [-0.15, -0.1) is 0 Å². The van der Waals surface area contributed by atoms with Crippen molar-refractivity contribution in [3.05, 3.63) is 47.2 Å². The second-order valence-electron chi connectivity index (χ2n) is 4.84. The summed E-state index contributed by atoms with van der Waals surface area (Å²) in [5.74, 6) is 0.488. The van der Waals surface area contributed by atoms with Crippen LogP contribution in [0.1, 0.15) is 26.5 Å². The van der Waals surface area contributed by atoms with E-state index in [0.717, 1.165) is 5.56 Å². The van der Waals surface area contributed by atoms with Crippen molar-refractivity contribution in [2.24, 2.45) is 5.10 Å². The largest absolute Gasteiger partial charge is 0.455 e. The maximum absolute atomic E-state index is 11.7. The van der Waals surface area contributed by atoms with Crippen LogP contribution in [-0.4, -0.2) is 37.1 Å². The van der Waals surface area contributed by atoms with Crippen LogP contribution in [0.4, 0.5) is 0 Å². The van der Waals surface area contributed by atoms with Gasteiger partial charge in [-0.25, -0.2) is 0 Å². The molecule has 2 amide bonds. The lowest BCUT2D eigenvalue weighted by Crippen LogP contribution is -2.19. The van der Waals surface area contributed by atoms with Crippen LogP contribution in [0.3, 0.4) is 0 Å². The molecule has 3 rings (SSSR count). The molecule has 1 aliphatic heterocycles. The Labute approximate surface area is 121 Å². The zero-order valence-corrected chi connectivity index (χ0v) is 11.6. The Kier molecular flexibility index (Phi) is 3.06. The van der Waals surface area contributed by atoms with Crippen molar-refractivity contribution in [1.82, 2.24) is 10.3 Å². The van der Waals surface area contributed by atoms with Crippen LogP contribution in [0, 0.1) is 0 Å². The van der Waals surface area contributed by atoms with Gasteiger partial charge in [0.15, 0.2) is 0 Å². The lowest BCUT2D eigenvalue weighted by Gasteiger charge is -2.01. The van der Waals surface area contributed by atoms with Crippen LogP contribution in [0.15, 0.2) is 39.9 Å². The van der Waals surface area contributed by atoms with E-state index in [-0.39, 0.29) is 11.8 Å². The fourth-order valence-electron chi connectivity index (χ4n) is 2.07. The van der Waals surface area contributed by atoms with Crippen molar-refractivity contribution >= 4 is 18.0 Å². The van der Waals surface area contributed by atoms with E-state index in [2.05, 4.69) is 10.4 Å². The molecule has 0 aliphatic carbocycles. The second kappa shape index (κ2) is 4.90. The minimum atomic E-state index is -0.377. The summed E-state index contributed by atoms with van der Waals surface area (Å²) in [4.78, 5) is 23.2. The van der Waals surface area contributed by atoms with Gasteiger partial charge in [0, 0.05) is 19.7 Å². The highest BCUT2D eigenvalue weighted by atomic mass is 16.3. The number of benzene rings is 1. The minimum Gasteiger partial charge on any atom is -0.455 e. The summed E-state index contributed by atoms with van der Waals surface area (Å²) < 4.78 is 5.65.